The lowest BCUT2D eigenvalue weighted by Gasteiger charge is -2.36. The van der Waals surface area contributed by atoms with E-state index in [1.165, 1.54) is 13.3 Å². The number of aliphatic hydroxyl groups excluding tert-OH is 1. The molecule has 4 rings (SSSR count). The molecule has 2 aliphatic heterocycles. The number of aryl methyl sites for hydroxylation is 1. The third kappa shape index (κ3) is 4.23. The Kier molecular flexibility index (Phi) is 5.85. The maximum absolute atomic E-state index is 9.61. The molecule has 0 aliphatic carbocycles. The summed E-state index contributed by atoms with van der Waals surface area (Å²) in [5.41, 5.74) is 3.73. The SMILES string of the molecule is COc1nc(Nc2cc(C3CN(C)CCO3)c(C)cc2C=N)cc(N2CC(O)C2)n1. The maximum atomic E-state index is 9.61. The van der Waals surface area contributed by atoms with Crippen LogP contribution in [0.3, 0.4) is 0 Å². The van der Waals surface area contributed by atoms with E-state index >= 15 is 0 Å². The van der Waals surface area contributed by atoms with E-state index in [1.54, 1.807) is 0 Å². The average molecular weight is 412 g/mol. The number of methoxy groups -OCH3 is 1. The van der Waals surface area contributed by atoms with Gasteiger partial charge in [-0.25, -0.2) is 0 Å². The Morgan fingerprint density at radius 2 is 2.07 bits per heavy atom. The normalized spacial score (nSPS) is 20.0. The molecular weight excluding hydrogens is 384 g/mol. The first-order valence-corrected chi connectivity index (χ1v) is 10.0. The predicted molar refractivity (Wildman–Crippen MR) is 115 cm³/mol. The molecule has 1 aromatic carbocycles. The second-order valence-corrected chi connectivity index (χ2v) is 7.84. The molecule has 30 heavy (non-hydrogen) atoms. The number of anilines is 3. The largest absolute Gasteiger partial charge is 0.467 e. The highest BCUT2D eigenvalue weighted by Gasteiger charge is 2.27. The number of aliphatic hydroxyl groups is 1. The van der Waals surface area contributed by atoms with Crippen LogP contribution in [0, 0.1) is 12.3 Å². The predicted octanol–water partition coefficient (Wildman–Crippen LogP) is 1.72. The van der Waals surface area contributed by atoms with Crippen LogP contribution in [0.25, 0.3) is 0 Å². The quantitative estimate of drug-likeness (QED) is 0.616. The van der Waals surface area contributed by atoms with Crippen molar-refractivity contribution >= 4 is 23.5 Å². The number of likely N-dealkylation sites (N-methyl/N-ethyl adjacent to an activating group) is 1. The summed E-state index contributed by atoms with van der Waals surface area (Å²) in [5.74, 6) is 1.26. The molecule has 0 bridgehead atoms. The summed E-state index contributed by atoms with van der Waals surface area (Å²) in [4.78, 5) is 13.0. The van der Waals surface area contributed by atoms with Gasteiger partial charge in [0.25, 0.3) is 0 Å². The van der Waals surface area contributed by atoms with Crippen molar-refractivity contribution in [3.8, 4) is 6.01 Å². The first-order valence-electron chi connectivity index (χ1n) is 10.0. The highest BCUT2D eigenvalue weighted by Crippen LogP contribution is 2.32. The van der Waals surface area contributed by atoms with Crippen LogP contribution >= 0.6 is 0 Å². The van der Waals surface area contributed by atoms with Gasteiger partial charge in [0.05, 0.1) is 25.9 Å². The molecule has 2 aromatic rings. The number of rotatable bonds is 6. The summed E-state index contributed by atoms with van der Waals surface area (Å²) in [7, 11) is 3.62. The van der Waals surface area contributed by atoms with E-state index in [-0.39, 0.29) is 18.2 Å². The molecule has 2 fully saturated rings. The standard InChI is InChI=1S/C21H28N6O3/c1-13-6-14(9-22)17(7-16(13)18-12-26(2)4-5-30-18)23-19-8-20(25-21(24-19)29-3)27-10-15(28)11-27/h6-9,15,18,22,28H,4-5,10-12H2,1-3H3,(H,23,24,25). The molecule has 0 spiro atoms. The molecule has 1 aromatic heterocycles. The van der Waals surface area contributed by atoms with Crippen LogP contribution in [-0.4, -0.2) is 79.2 Å². The first kappa shape index (κ1) is 20.5. The Morgan fingerprint density at radius 3 is 2.73 bits per heavy atom. The third-order valence-electron chi connectivity index (χ3n) is 5.53. The molecule has 0 saturated carbocycles. The van der Waals surface area contributed by atoms with E-state index in [9.17, 15) is 5.11 Å². The Morgan fingerprint density at radius 1 is 1.27 bits per heavy atom. The molecular formula is C21H28N6O3. The van der Waals surface area contributed by atoms with Crippen LogP contribution in [0.15, 0.2) is 18.2 Å². The molecule has 9 nitrogen and oxygen atoms in total. The summed E-state index contributed by atoms with van der Waals surface area (Å²) in [6.45, 7) is 5.56. The van der Waals surface area contributed by atoms with Crippen molar-refractivity contribution in [1.82, 2.24) is 14.9 Å². The van der Waals surface area contributed by atoms with Crippen LogP contribution < -0.4 is 15.0 Å². The maximum Gasteiger partial charge on any atom is 0.320 e. The molecule has 3 N–H and O–H groups in total. The minimum atomic E-state index is -0.333. The van der Waals surface area contributed by atoms with Crippen molar-refractivity contribution in [1.29, 1.82) is 5.41 Å². The number of hydrogen-bond donors (Lipinski definition) is 3. The molecule has 9 heteroatoms. The van der Waals surface area contributed by atoms with Crippen LogP contribution in [0.4, 0.5) is 17.3 Å². The molecule has 2 saturated heterocycles. The zero-order valence-electron chi connectivity index (χ0n) is 17.6. The molecule has 0 radical (unpaired) electrons. The zero-order valence-corrected chi connectivity index (χ0v) is 17.6. The van der Waals surface area contributed by atoms with Gasteiger partial charge < -0.3 is 35.1 Å². The number of aromatic nitrogens is 2. The van der Waals surface area contributed by atoms with Crippen molar-refractivity contribution in [3.05, 3.63) is 34.9 Å². The Labute approximate surface area is 176 Å². The van der Waals surface area contributed by atoms with Crippen LogP contribution in [0.5, 0.6) is 6.01 Å². The lowest BCUT2D eigenvalue weighted by Crippen LogP contribution is -2.51. The summed E-state index contributed by atoms with van der Waals surface area (Å²) in [5, 5.41) is 20.8. The van der Waals surface area contributed by atoms with Gasteiger partial charge in [-0.2, -0.15) is 9.97 Å². The van der Waals surface area contributed by atoms with Gasteiger partial charge in [-0.05, 0) is 37.2 Å². The lowest BCUT2D eigenvalue weighted by atomic mass is 9.98. The van der Waals surface area contributed by atoms with Gasteiger partial charge in [0.1, 0.15) is 11.6 Å². The van der Waals surface area contributed by atoms with Crippen molar-refractivity contribution in [2.45, 2.75) is 19.1 Å². The second kappa shape index (κ2) is 8.55. The monoisotopic (exact) mass is 412 g/mol. The van der Waals surface area contributed by atoms with E-state index in [4.69, 9.17) is 14.9 Å². The first-order chi connectivity index (χ1) is 14.5. The molecule has 1 unspecified atom stereocenters. The number of benzene rings is 1. The number of β-amino-alcohol motifs (C(OH)–C–C–N with tert-alkyl or cyclic N) is 1. The van der Waals surface area contributed by atoms with Crippen molar-refractivity contribution in [2.24, 2.45) is 0 Å². The fourth-order valence-corrected chi connectivity index (χ4v) is 3.80. The van der Waals surface area contributed by atoms with E-state index in [2.05, 4.69) is 27.2 Å². The van der Waals surface area contributed by atoms with Crippen molar-refractivity contribution in [3.63, 3.8) is 0 Å². The summed E-state index contributed by atoms with van der Waals surface area (Å²) < 4.78 is 11.3. The Bertz CT molecular complexity index is 931. The topological polar surface area (TPSA) is 107 Å². The fourth-order valence-electron chi connectivity index (χ4n) is 3.80. The number of hydrogen-bond acceptors (Lipinski definition) is 9. The number of ether oxygens (including phenoxy) is 2. The highest BCUT2D eigenvalue weighted by molar-refractivity contribution is 5.88. The van der Waals surface area contributed by atoms with Gasteiger partial charge in [-0.1, -0.05) is 0 Å². The Hall–Kier alpha value is -2.75. The average Bonchev–Trinajstić information content (AvgIpc) is 2.72. The van der Waals surface area contributed by atoms with Gasteiger partial charge in [0.2, 0.25) is 0 Å². The number of nitrogens with one attached hydrogen (secondary N) is 2. The van der Waals surface area contributed by atoms with Gasteiger partial charge in [0.15, 0.2) is 0 Å². The molecule has 0 amide bonds. The number of nitrogens with zero attached hydrogens (tertiary/aromatic N) is 4. The smallest absolute Gasteiger partial charge is 0.320 e. The zero-order chi connectivity index (χ0) is 21.3. The van der Waals surface area contributed by atoms with E-state index in [0.717, 1.165) is 35.5 Å². The van der Waals surface area contributed by atoms with Gasteiger partial charge in [0, 0.05) is 49.7 Å². The fraction of sp³-hybridized carbons (Fsp3) is 0.476. The summed E-state index contributed by atoms with van der Waals surface area (Å²) in [6, 6.07) is 6.11. The van der Waals surface area contributed by atoms with Crippen LogP contribution in [0.2, 0.25) is 0 Å². The number of morpholine rings is 1. The second-order valence-electron chi connectivity index (χ2n) is 7.84. The van der Waals surface area contributed by atoms with Crippen molar-refractivity contribution < 1.29 is 14.6 Å². The van der Waals surface area contributed by atoms with E-state index in [0.29, 0.717) is 31.3 Å². The van der Waals surface area contributed by atoms with Crippen molar-refractivity contribution in [2.75, 3.05) is 57.2 Å². The van der Waals surface area contributed by atoms with E-state index in [1.807, 2.05) is 30.0 Å². The third-order valence-corrected chi connectivity index (χ3v) is 5.53. The molecule has 160 valence electrons. The minimum absolute atomic E-state index is 0.0119. The highest BCUT2D eigenvalue weighted by atomic mass is 16.5. The summed E-state index contributed by atoms with van der Waals surface area (Å²) >= 11 is 0. The van der Waals surface area contributed by atoms with Crippen LogP contribution in [0.1, 0.15) is 22.8 Å². The van der Waals surface area contributed by atoms with Gasteiger partial charge in [-0.3, -0.25) is 0 Å². The minimum Gasteiger partial charge on any atom is -0.467 e. The van der Waals surface area contributed by atoms with Gasteiger partial charge in [-0.15, -0.1) is 0 Å². The lowest BCUT2D eigenvalue weighted by molar-refractivity contribution is -0.0211. The van der Waals surface area contributed by atoms with Gasteiger partial charge >= 0.3 is 6.01 Å². The molecule has 1 atom stereocenters. The Balaban J connectivity index is 1.65. The molecule has 2 aliphatic rings. The van der Waals surface area contributed by atoms with E-state index < -0.39 is 0 Å². The van der Waals surface area contributed by atoms with Crippen LogP contribution in [-0.2, 0) is 4.74 Å². The molecule has 3 heterocycles. The summed E-state index contributed by atoms with van der Waals surface area (Å²) in [6.07, 6.45) is 0.986.